The molecule has 1 saturated carbocycles. The lowest BCUT2D eigenvalue weighted by Gasteiger charge is -2.37. The van der Waals surface area contributed by atoms with Gasteiger partial charge in [0.05, 0.1) is 12.5 Å². The summed E-state index contributed by atoms with van der Waals surface area (Å²) in [4.78, 5) is 35.6. The molecule has 10 nitrogen and oxygen atoms in total. The van der Waals surface area contributed by atoms with Crippen LogP contribution in [-0.2, 0) is 9.59 Å². The van der Waals surface area contributed by atoms with Gasteiger partial charge in [0, 0.05) is 19.1 Å². The van der Waals surface area contributed by atoms with Crippen LogP contribution >= 0.6 is 11.6 Å². The molecule has 0 unspecified atom stereocenters. The fourth-order valence-electron chi connectivity index (χ4n) is 4.67. The highest BCUT2D eigenvalue weighted by molar-refractivity contribution is 6.28. The molecule has 2 aliphatic rings. The van der Waals surface area contributed by atoms with E-state index in [9.17, 15) is 14.8 Å². The molecule has 1 aromatic heterocycles. The molecule has 1 aliphatic heterocycles. The molecule has 0 bridgehead atoms. The van der Waals surface area contributed by atoms with Crippen molar-refractivity contribution in [3.05, 3.63) is 11.1 Å². The first-order valence-electron chi connectivity index (χ1n) is 11.4. The first kappa shape index (κ1) is 25.4. The average molecular weight is 486 g/mol. The van der Waals surface area contributed by atoms with Gasteiger partial charge in [-0.3, -0.25) is 25.6 Å². The van der Waals surface area contributed by atoms with E-state index < -0.39 is 17.6 Å². The van der Waals surface area contributed by atoms with E-state index in [1.165, 1.54) is 0 Å². The summed E-state index contributed by atoms with van der Waals surface area (Å²) in [5.41, 5.74) is 5.00. The fourth-order valence-corrected chi connectivity index (χ4v) is 4.84. The number of rotatable bonds is 10. The van der Waals surface area contributed by atoms with Gasteiger partial charge < -0.3 is 9.80 Å². The fraction of sp³-hybridized carbons (Fsp3) is 0.714. The molecule has 0 radical (unpaired) electrons. The van der Waals surface area contributed by atoms with Gasteiger partial charge in [0.2, 0.25) is 23.4 Å². The number of hydroxylamine groups is 2. The number of nitrogens with one attached hydrogen (secondary N) is 2. The van der Waals surface area contributed by atoms with Gasteiger partial charge in [0.15, 0.2) is 11.6 Å². The molecule has 1 aliphatic carbocycles. The molecule has 0 aromatic carbocycles. The minimum atomic E-state index is -0.705. The Hall–Kier alpha value is -2.24. The van der Waals surface area contributed by atoms with Crippen molar-refractivity contribution in [1.29, 1.82) is 0 Å². The van der Waals surface area contributed by atoms with E-state index in [0.717, 1.165) is 38.5 Å². The highest BCUT2D eigenvalue weighted by Crippen LogP contribution is 2.31. The zero-order valence-electron chi connectivity index (χ0n) is 19.1. The Morgan fingerprint density at radius 1 is 1.30 bits per heavy atom. The third-order valence-electron chi connectivity index (χ3n) is 6.53. The molecule has 33 heavy (non-hydrogen) atoms. The summed E-state index contributed by atoms with van der Waals surface area (Å²) in [6.45, 7) is 1.10. The Kier molecular flexibility index (Phi) is 9.04. The van der Waals surface area contributed by atoms with E-state index in [-0.39, 0.29) is 35.9 Å². The Labute approximate surface area is 198 Å². The van der Waals surface area contributed by atoms with Crippen LogP contribution in [-0.4, -0.2) is 77.2 Å². The van der Waals surface area contributed by atoms with Gasteiger partial charge in [-0.15, -0.1) is 0 Å². The molecule has 3 N–H and O–H groups in total. The van der Waals surface area contributed by atoms with E-state index in [1.54, 1.807) is 0 Å². The third-order valence-corrected chi connectivity index (χ3v) is 6.70. The van der Waals surface area contributed by atoms with Crippen LogP contribution in [0.25, 0.3) is 0 Å². The van der Waals surface area contributed by atoms with E-state index in [0.29, 0.717) is 30.5 Å². The SMILES string of the molecule is CN(C)[C@@H]1CCCN(c2nc(Cl)nc(NNC(=O)[C@H](CC3CCCC3)CN(O)C=O)c2F)C1. The zero-order chi connectivity index (χ0) is 24.0. The van der Waals surface area contributed by atoms with Crippen LogP contribution in [0.5, 0.6) is 0 Å². The summed E-state index contributed by atoms with van der Waals surface area (Å²) >= 11 is 6.06. The van der Waals surface area contributed by atoms with Gasteiger partial charge in [-0.05, 0) is 50.9 Å². The Bertz CT molecular complexity index is 825. The lowest BCUT2D eigenvalue weighted by Crippen LogP contribution is -2.46. The Morgan fingerprint density at radius 2 is 2.03 bits per heavy atom. The summed E-state index contributed by atoms with van der Waals surface area (Å²) < 4.78 is 15.3. The van der Waals surface area contributed by atoms with Crippen molar-refractivity contribution in [2.45, 2.75) is 51.0 Å². The van der Waals surface area contributed by atoms with Gasteiger partial charge in [0.1, 0.15) is 0 Å². The zero-order valence-corrected chi connectivity index (χ0v) is 19.9. The van der Waals surface area contributed by atoms with Gasteiger partial charge >= 0.3 is 0 Å². The maximum atomic E-state index is 15.3. The third kappa shape index (κ3) is 6.87. The number of nitrogens with zero attached hydrogens (tertiary/aromatic N) is 5. The van der Waals surface area contributed by atoms with E-state index >= 15 is 4.39 Å². The highest BCUT2D eigenvalue weighted by Gasteiger charge is 2.29. The van der Waals surface area contributed by atoms with Crippen molar-refractivity contribution in [2.75, 3.05) is 44.1 Å². The molecule has 184 valence electrons. The lowest BCUT2D eigenvalue weighted by atomic mass is 9.92. The van der Waals surface area contributed by atoms with E-state index in [4.69, 9.17) is 11.6 Å². The molecule has 2 atom stereocenters. The number of anilines is 2. The predicted molar refractivity (Wildman–Crippen MR) is 122 cm³/mol. The van der Waals surface area contributed by atoms with E-state index in [2.05, 4.69) is 25.7 Å². The lowest BCUT2D eigenvalue weighted by molar-refractivity contribution is -0.154. The van der Waals surface area contributed by atoms with Crippen molar-refractivity contribution in [2.24, 2.45) is 11.8 Å². The van der Waals surface area contributed by atoms with Gasteiger partial charge in [-0.2, -0.15) is 14.4 Å². The topological polar surface area (TPSA) is 114 Å². The number of hydrogen-bond acceptors (Lipinski definition) is 8. The van der Waals surface area contributed by atoms with Crippen LogP contribution in [0.3, 0.4) is 0 Å². The molecule has 1 saturated heterocycles. The van der Waals surface area contributed by atoms with E-state index in [1.807, 2.05) is 19.0 Å². The van der Waals surface area contributed by atoms with Crippen molar-refractivity contribution >= 4 is 35.6 Å². The molecular weight excluding hydrogens is 453 g/mol. The quantitative estimate of drug-likeness (QED) is 0.200. The average Bonchev–Trinajstić information content (AvgIpc) is 3.31. The van der Waals surface area contributed by atoms with Crippen LogP contribution in [0.1, 0.15) is 44.9 Å². The summed E-state index contributed by atoms with van der Waals surface area (Å²) in [6, 6.07) is 0.263. The number of likely N-dealkylation sites (N-methyl/N-ethyl adjacent to an activating group) is 1. The first-order valence-corrected chi connectivity index (χ1v) is 11.8. The molecule has 0 spiro atoms. The second-order valence-electron chi connectivity index (χ2n) is 9.11. The minimum Gasteiger partial charge on any atom is -0.352 e. The van der Waals surface area contributed by atoms with Crippen molar-refractivity contribution in [1.82, 2.24) is 25.4 Å². The van der Waals surface area contributed by atoms with Crippen LogP contribution < -0.4 is 15.8 Å². The number of amides is 2. The molecule has 2 amide bonds. The summed E-state index contributed by atoms with van der Waals surface area (Å²) in [6.07, 6.45) is 6.91. The van der Waals surface area contributed by atoms with Gasteiger partial charge in [-0.25, -0.2) is 5.06 Å². The maximum absolute atomic E-state index is 15.3. The number of piperidine rings is 1. The molecule has 3 rings (SSSR count). The minimum absolute atomic E-state index is 0.0864. The number of carbonyl (C=O) groups is 2. The smallest absolute Gasteiger partial charge is 0.243 e. The van der Waals surface area contributed by atoms with Crippen LogP contribution in [0.15, 0.2) is 0 Å². The van der Waals surface area contributed by atoms with Crippen molar-refractivity contribution in [3.8, 4) is 0 Å². The molecule has 1 aromatic rings. The second-order valence-corrected chi connectivity index (χ2v) is 9.45. The summed E-state index contributed by atoms with van der Waals surface area (Å²) in [5, 5.41) is 9.93. The molecule has 2 heterocycles. The highest BCUT2D eigenvalue weighted by atomic mass is 35.5. The number of aromatic nitrogens is 2. The van der Waals surface area contributed by atoms with Crippen molar-refractivity contribution in [3.63, 3.8) is 0 Å². The standard InChI is InChI=1S/C21H33ClFN7O3/c1-28(2)16-8-5-9-29(12-16)19-17(23)18(24-21(22)25-19)26-27-20(32)15(11-30(33)13-31)10-14-6-3-4-7-14/h13-16,33H,3-12H2,1-2H3,(H,27,32)(H,24,25,26)/t15-,16-/m1/s1. The second kappa shape index (κ2) is 11.8. The number of hydrazine groups is 1. The monoisotopic (exact) mass is 485 g/mol. The molecule has 12 heteroatoms. The van der Waals surface area contributed by atoms with Gasteiger partial charge in [-0.1, -0.05) is 25.7 Å². The normalized spacial score (nSPS) is 20.1. The van der Waals surface area contributed by atoms with Crippen LogP contribution in [0, 0.1) is 17.7 Å². The van der Waals surface area contributed by atoms with Crippen LogP contribution in [0.4, 0.5) is 16.0 Å². The number of hydrogen-bond donors (Lipinski definition) is 3. The molecule has 2 fully saturated rings. The van der Waals surface area contributed by atoms with Crippen molar-refractivity contribution < 1.29 is 19.2 Å². The summed E-state index contributed by atoms with van der Waals surface area (Å²) in [7, 11) is 3.97. The van der Waals surface area contributed by atoms with Gasteiger partial charge in [0.25, 0.3) is 0 Å². The summed E-state index contributed by atoms with van der Waals surface area (Å²) in [5.74, 6) is -1.63. The predicted octanol–water partition coefficient (Wildman–Crippen LogP) is 2.29. The maximum Gasteiger partial charge on any atom is 0.243 e. The molecular formula is C21H33ClFN7O3. The number of halogens is 2. The largest absolute Gasteiger partial charge is 0.352 e. The number of carbonyl (C=O) groups excluding carboxylic acids is 2. The Balaban J connectivity index is 1.69. The Morgan fingerprint density at radius 3 is 2.70 bits per heavy atom. The van der Waals surface area contributed by atoms with Crippen LogP contribution in [0.2, 0.25) is 5.28 Å². The first-order chi connectivity index (χ1) is 15.8.